The Kier molecular flexibility index (Phi) is 5.06. The summed E-state index contributed by atoms with van der Waals surface area (Å²) in [5.41, 5.74) is 0. The topological polar surface area (TPSA) is 17.1 Å². The maximum atomic E-state index is 10.7. The van der Waals surface area contributed by atoms with E-state index in [0.29, 0.717) is 5.78 Å². The van der Waals surface area contributed by atoms with Crippen LogP contribution in [0.4, 0.5) is 0 Å². The third-order valence-corrected chi connectivity index (χ3v) is 2.18. The number of alkyl halides is 1. The van der Waals surface area contributed by atoms with Gasteiger partial charge in [-0.15, -0.1) is 0 Å². The van der Waals surface area contributed by atoms with Gasteiger partial charge in [0.2, 0.25) is 0 Å². The van der Waals surface area contributed by atoms with Crippen molar-refractivity contribution in [2.75, 3.05) is 5.33 Å². The van der Waals surface area contributed by atoms with Crippen molar-refractivity contribution in [3.63, 3.8) is 0 Å². The molecule has 0 aromatic rings. The molecule has 0 saturated carbocycles. The number of hydrogen-bond acceptors (Lipinski definition) is 1. The van der Waals surface area contributed by atoms with Gasteiger partial charge in [0.05, 0.1) is 0 Å². The smallest absolute Gasteiger partial charge is 0.133 e. The fourth-order valence-electron chi connectivity index (χ4n) is 0.738. The van der Waals surface area contributed by atoms with Crippen molar-refractivity contribution in [2.24, 2.45) is 5.92 Å². The van der Waals surface area contributed by atoms with E-state index in [4.69, 9.17) is 0 Å². The summed E-state index contributed by atoms with van der Waals surface area (Å²) in [7, 11) is 0. The summed E-state index contributed by atoms with van der Waals surface area (Å²) < 4.78 is 0. The predicted molar refractivity (Wildman–Crippen MR) is 42.9 cm³/mol. The van der Waals surface area contributed by atoms with Gasteiger partial charge in [-0.3, -0.25) is 4.79 Å². The van der Waals surface area contributed by atoms with Gasteiger partial charge in [0.1, 0.15) is 5.78 Å². The standard InChI is InChI=1S/C7H13BrO/c1-3-4-7(5-8)6(2)9/h7H,3-5H2,1-2H3. The largest absolute Gasteiger partial charge is 0.300 e. The Morgan fingerprint density at radius 1 is 1.67 bits per heavy atom. The second-order valence-electron chi connectivity index (χ2n) is 2.25. The zero-order valence-corrected chi connectivity index (χ0v) is 7.57. The number of halogens is 1. The van der Waals surface area contributed by atoms with Gasteiger partial charge in [0.15, 0.2) is 0 Å². The highest BCUT2D eigenvalue weighted by Crippen LogP contribution is 2.09. The first-order valence-electron chi connectivity index (χ1n) is 3.28. The van der Waals surface area contributed by atoms with Crippen LogP contribution in [-0.2, 0) is 4.79 Å². The number of Topliss-reactive ketones (excluding diaryl/α,β-unsaturated/α-hetero) is 1. The molecule has 0 radical (unpaired) electrons. The van der Waals surface area contributed by atoms with Crippen LogP contribution in [0.5, 0.6) is 0 Å². The maximum Gasteiger partial charge on any atom is 0.133 e. The second-order valence-corrected chi connectivity index (χ2v) is 2.90. The second kappa shape index (κ2) is 4.98. The van der Waals surface area contributed by atoms with Crippen LogP contribution >= 0.6 is 15.9 Å². The third kappa shape index (κ3) is 3.68. The summed E-state index contributed by atoms with van der Waals surface area (Å²) in [6.07, 6.45) is 2.11. The van der Waals surface area contributed by atoms with Gasteiger partial charge in [0.25, 0.3) is 0 Å². The van der Waals surface area contributed by atoms with Crippen molar-refractivity contribution in [3.8, 4) is 0 Å². The van der Waals surface area contributed by atoms with E-state index in [-0.39, 0.29) is 5.92 Å². The van der Waals surface area contributed by atoms with E-state index in [2.05, 4.69) is 22.9 Å². The lowest BCUT2D eigenvalue weighted by Crippen LogP contribution is -2.11. The zero-order valence-electron chi connectivity index (χ0n) is 5.98. The molecule has 0 saturated heterocycles. The third-order valence-electron chi connectivity index (χ3n) is 1.40. The molecule has 0 aromatic heterocycles. The molecular formula is C7H13BrO. The first kappa shape index (κ1) is 9.15. The molecule has 1 unspecified atom stereocenters. The minimum atomic E-state index is 0.245. The molecule has 0 rings (SSSR count). The normalized spacial score (nSPS) is 13.2. The molecule has 0 aliphatic carbocycles. The fourth-order valence-corrected chi connectivity index (χ4v) is 1.52. The van der Waals surface area contributed by atoms with Crippen LogP contribution in [-0.4, -0.2) is 11.1 Å². The molecule has 0 N–H and O–H groups in total. The molecule has 9 heavy (non-hydrogen) atoms. The highest BCUT2D eigenvalue weighted by Gasteiger charge is 2.09. The first-order chi connectivity index (χ1) is 4.22. The fraction of sp³-hybridized carbons (Fsp3) is 0.857. The van der Waals surface area contributed by atoms with Crippen LogP contribution in [0.15, 0.2) is 0 Å². The van der Waals surface area contributed by atoms with Gasteiger partial charge < -0.3 is 0 Å². The van der Waals surface area contributed by atoms with Crippen molar-refractivity contribution >= 4 is 21.7 Å². The Balaban J connectivity index is 3.54. The molecular weight excluding hydrogens is 180 g/mol. The van der Waals surface area contributed by atoms with E-state index in [1.807, 2.05) is 0 Å². The lowest BCUT2D eigenvalue weighted by molar-refractivity contribution is -0.120. The molecule has 0 aliphatic heterocycles. The Labute approximate surface area is 65.0 Å². The molecule has 0 spiro atoms. The number of ketones is 1. The van der Waals surface area contributed by atoms with Gasteiger partial charge in [-0.2, -0.15) is 0 Å². The minimum Gasteiger partial charge on any atom is -0.300 e. The van der Waals surface area contributed by atoms with Crippen molar-refractivity contribution in [2.45, 2.75) is 26.7 Å². The van der Waals surface area contributed by atoms with Crippen LogP contribution in [0.1, 0.15) is 26.7 Å². The van der Waals surface area contributed by atoms with Crippen LogP contribution < -0.4 is 0 Å². The molecule has 1 nitrogen and oxygen atoms in total. The van der Waals surface area contributed by atoms with Crippen LogP contribution in [0, 0.1) is 5.92 Å². The first-order valence-corrected chi connectivity index (χ1v) is 4.41. The Hall–Kier alpha value is 0.150. The summed E-state index contributed by atoms with van der Waals surface area (Å²) >= 11 is 3.30. The van der Waals surface area contributed by atoms with Gasteiger partial charge in [-0.25, -0.2) is 0 Å². The number of carbonyl (C=O) groups is 1. The van der Waals surface area contributed by atoms with Gasteiger partial charge in [0, 0.05) is 11.2 Å². The average molecular weight is 193 g/mol. The average Bonchev–Trinajstić information content (AvgIpc) is 1.82. The Morgan fingerprint density at radius 3 is 2.33 bits per heavy atom. The SMILES string of the molecule is CCCC(CBr)C(C)=O. The van der Waals surface area contributed by atoms with Crippen molar-refractivity contribution in [1.29, 1.82) is 0 Å². The molecule has 2 heteroatoms. The van der Waals surface area contributed by atoms with Crippen LogP contribution in [0.25, 0.3) is 0 Å². The zero-order chi connectivity index (χ0) is 7.28. The highest BCUT2D eigenvalue weighted by molar-refractivity contribution is 9.09. The highest BCUT2D eigenvalue weighted by atomic mass is 79.9. The predicted octanol–water partition coefficient (Wildman–Crippen LogP) is 2.39. The summed E-state index contributed by atoms with van der Waals surface area (Å²) in [6, 6.07) is 0. The molecule has 0 fully saturated rings. The van der Waals surface area contributed by atoms with E-state index in [0.717, 1.165) is 18.2 Å². The molecule has 0 aromatic carbocycles. The van der Waals surface area contributed by atoms with Gasteiger partial charge in [-0.1, -0.05) is 29.3 Å². The van der Waals surface area contributed by atoms with Gasteiger partial charge >= 0.3 is 0 Å². The summed E-state index contributed by atoms with van der Waals surface area (Å²) in [4.78, 5) is 10.7. The minimum absolute atomic E-state index is 0.245. The number of hydrogen-bond donors (Lipinski definition) is 0. The van der Waals surface area contributed by atoms with Crippen molar-refractivity contribution < 1.29 is 4.79 Å². The molecule has 0 aliphatic rings. The Morgan fingerprint density at radius 2 is 2.22 bits per heavy atom. The summed E-state index contributed by atoms with van der Waals surface area (Å²) in [5, 5.41) is 0.816. The van der Waals surface area contributed by atoms with Crippen LogP contribution in [0.2, 0.25) is 0 Å². The number of rotatable bonds is 4. The molecule has 0 amide bonds. The monoisotopic (exact) mass is 192 g/mol. The summed E-state index contributed by atoms with van der Waals surface area (Å²) in [6.45, 7) is 3.75. The quantitative estimate of drug-likeness (QED) is 0.626. The summed E-state index contributed by atoms with van der Waals surface area (Å²) in [5.74, 6) is 0.545. The molecule has 0 heterocycles. The van der Waals surface area contributed by atoms with Crippen molar-refractivity contribution in [3.05, 3.63) is 0 Å². The molecule has 1 atom stereocenters. The molecule has 54 valence electrons. The lowest BCUT2D eigenvalue weighted by Gasteiger charge is -2.06. The van der Waals surface area contributed by atoms with E-state index in [9.17, 15) is 4.79 Å². The van der Waals surface area contributed by atoms with E-state index >= 15 is 0 Å². The maximum absolute atomic E-state index is 10.7. The Bertz CT molecular complexity index is 90.9. The lowest BCUT2D eigenvalue weighted by atomic mass is 10.0. The number of carbonyl (C=O) groups excluding carboxylic acids is 1. The van der Waals surface area contributed by atoms with Crippen LogP contribution in [0.3, 0.4) is 0 Å². The van der Waals surface area contributed by atoms with E-state index < -0.39 is 0 Å². The van der Waals surface area contributed by atoms with E-state index in [1.165, 1.54) is 0 Å². The molecule has 0 bridgehead atoms. The van der Waals surface area contributed by atoms with E-state index in [1.54, 1.807) is 6.92 Å². The van der Waals surface area contributed by atoms with Crippen molar-refractivity contribution in [1.82, 2.24) is 0 Å². The van der Waals surface area contributed by atoms with Gasteiger partial charge in [-0.05, 0) is 13.3 Å².